The van der Waals surface area contributed by atoms with E-state index in [0.29, 0.717) is 24.0 Å². The van der Waals surface area contributed by atoms with Gasteiger partial charge in [-0.05, 0) is 69.0 Å². The summed E-state index contributed by atoms with van der Waals surface area (Å²) in [6.07, 6.45) is 4.37. The molecule has 1 fully saturated rings. The van der Waals surface area contributed by atoms with Crippen molar-refractivity contribution < 1.29 is 9.53 Å². The van der Waals surface area contributed by atoms with Gasteiger partial charge in [-0.2, -0.15) is 0 Å². The summed E-state index contributed by atoms with van der Waals surface area (Å²) in [6.45, 7) is 6.07. The molecule has 0 spiro atoms. The Morgan fingerprint density at radius 1 is 1.32 bits per heavy atom. The second kappa shape index (κ2) is 8.12. The highest BCUT2D eigenvalue weighted by molar-refractivity contribution is 5.91. The molecule has 0 aliphatic carbocycles. The van der Waals surface area contributed by atoms with Crippen LogP contribution in [0.2, 0.25) is 0 Å². The number of pyridine rings is 1. The maximum Gasteiger partial charge on any atom is 0.224 e. The Hall–Kier alpha value is -2.40. The van der Waals surface area contributed by atoms with Crippen LogP contribution < -0.4 is 15.4 Å². The number of hydrogen-bond donors (Lipinski definition) is 2. The summed E-state index contributed by atoms with van der Waals surface area (Å²) in [4.78, 5) is 16.4. The van der Waals surface area contributed by atoms with Crippen molar-refractivity contribution in [2.24, 2.45) is 5.92 Å². The molecule has 3 rings (SSSR count). The summed E-state index contributed by atoms with van der Waals surface area (Å²) in [6, 6.07) is 9.52. The summed E-state index contributed by atoms with van der Waals surface area (Å²) in [5.74, 6) is 1.93. The van der Waals surface area contributed by atoms with Gasteiger partial charge in [0.2, 0.25) is 11.8 Å². The van der Waals surface area contributed by atoms with Gasteiger partial charge in [-0.3, -0.25) is 4.79 Å². The number of aromatic nitrogens is 1. The van der Waals surface area contributed by atoms with E-state index in [1.165, 1.54) is 6.42 Å². The van der Waals surface area contributed by atoms with E-state index in [0.717, 1.165) is 36.3 Å². The molecule has 1 atom stereocenters. The van der Waals surface area contributed by atoms with E-state index in [1.54, 1.807) is 6.20 Å². The van der Waals surface area contributed by atoms with Crippen LogP contribution in [0.3, 0.4) is 0 Å². The number of carbonyl (C=O) groups is 1. The predicted molar refractivity (Wildman–Crippen MR) is 99.1 cm³/mol. The number of aryl methyl sites for hydroxylation is 2. The molecule has 2 aromatic rings. The average molecular weight is 339 g/mol. The number of ether oxygens (including phenoxy) is 1. The van der Waals surface area contributed by atoms with E-state index in [9.17, 15) is 4.79 Å². The third kappa shape index (κ3) is 5.03. The van der Waals surface area contributed by atoms with E-state index in [-0.39, 0.29) is 5.91 Å². The van der Waals surface area contributed by atoms with Crippen molar-refractivity contribution >= 4 is 11.6 Å². The summed E-state index contributed by atoms with van der Waals surface area (Å²) < 4.78 is 5.88. The molecule has 5 heteroatoms. The topological polar surface area (TPSA) is 63.2 Å². The smallest absolute Gasteiger partial charge is 0.224 e. The number of amides is 1. The summed E-state index contributed by atoms with van der Waals surface area (Å²) in [5.41, 5.74) is 2.84. The molecule has 132 valence electrons. The molecule has 1 aliphatic rings. The fourth-order valence-corrected chi connectivity index (χ4v) is 2.98. The maximum absolute atomic E-state index is 12.2. The van der Waals surface area contributed by atoms with Crippen LogP contribution in [-0.4, -0.2) is 24.0 Å². The fourth-order valence-electron chi connectivity index (χ4n) is 2.98. The lowest BCUT2D eigenvalue weighted by Gasteiger charge is -2.12. The third-order valence-corrected chi connectivity index (χ3v) is 4.52. The molecule has 0 saturated carbocycles. The molecule has 0 bridgehead atoms. The largest absolute Gasteiger partial charge is 0.439 e. The van der Waals surface area contributed by atoms with E-state index in [4.69, 9.17) is 4.74 Å². The first-order chi connectivity index (χ1) is 12.1. The van der Waals surface area contributed by atoms with Gasteiger partial charge in [0, 0.05) is 30.4 Å². The van der Waals surface area contributed by atoms with Crippen LogP contribution >= 0.6 is 0 Å². The van der Waals surface area contributed by atoms with Gasteiger partial charge in [-0.25, -0.2) is 4.98 Å². The third-order valence-electron chi connectivity index (χ3n) is 4.52. The minimum absolute atomic E-state index is 0.0513. The number of nitrogens with one attached hydrogen (secondary N) is 2. The van der Waals surface area contributed by atoms with Gasteiger partial charge in [0.05, 0.1) is 0 Å². The molecule has 1 aromatic carbocycles. The van der Waals surface area contributed by atoms with Gasteiger partial charge in [0.15, 0.2) is 0 Å². The Morgan fingerprint density at radius 3 is 2.96 bits per heavy atom. The minimum atomic E-state index is 0.0513. The Kier molecular flexibility index (Phi) is 5.66. The quantitative estimate of drug-likeness (QED) is 0.840. The lowest BCUT2D eigenvalue weighted by atomic mass is 10.0. The molecule has 2 heterocycles. The van der Waals surface area contributed by atoms with Crippen LogP contribution in [0.25, 0.3) is 0 Å². The van der Waals surface area contributed by atoms with Crippen LogP contribution in [0.1, 0.15) is 30.4 Å². The first-order valence-electron chi connectivity index (χ1n) is 8.82. The van der Waals surface area contributed by atoms with Gasteiger partial charge in [-0.1, -0.05) is 6.07 Å². The van der Waals surface area contributed by atoms with E-state index in [1.807, 2.05) is 44.2 Å². The Morgan fingerprint density at radius 2 is 2.20 bits per heavy atom. The Balaban J connectivity index is 1.61. The minimum Gasteiger partial charge on any atom is -0.439 e. The Bertz CT molecular complexity index is 739. The normalized spacial score (nSPS) is 16.6. The molecule has 25 heavy (non-hydrogen) atoms. The first kappa shape index (κ1) is 17.4. The standard InChI is InChI=1S/C20H25N3O2/c1-14-7-10-22-20(11-14)25-18-12-17(5-3-15(18)2)23-19(24)6-4-16-8-9-21-13-16/h3,5,7,10-12,16,21H,4,6,8-9,13H2,1-2H3,(H,23,24). The number of benzene rings is 1. The van der Waals surface area contributed by atoms with Crippen LogP contribution in [-0.2, 0) is 4.79 Å². The van der Waals surface area contributed by atoms with Crippen LogP contribution in [0.15, 0.2) is 36.5 Å². The Labute approximate surface area is 148 Å². The van der Waals surface area contributed by atoms with Crippen LogP contribution in [0.4, 0.5) is 5.69 Å². The molecule has 1 saturated heterocycles. The van der Waals surface area contributed by atoms with E-state index in [2.05, 4.69) is 15.6 Å². The van der Waals surface area contributed by atoms with Crippen molar-refractivity contribution in [1.29, 1.82) is 0 Å². The molecule has 0 radical (unpaired) electrons. The van der Waals surface area contributed by atoms with E-state index < -0.39 is 0 Å². The maximum atomic E-state index is 12.2. The predicted octanol–water partition coefficient (Wildman–Crippen LogP) is 3.82. The van der Waals surface area contributed by atoms with E-state index >= 15 is 0 Å². The lowest BCUT2D eigenvalue weighted by Crippen LogP contribution is -2.15. The zero-order valence-corrected chi connectivity index (χ0v) is 14.8. The molecule has 1 amide bonds. The molecule has 2 N–H and O–H groups in total. The molecule has 5 nitrogen and oxygen atoms in total. The molecule has 1 aromatic heterocycles. The second-order valence-electron chi connectivity index (χ2n) is 6.70. The summed E-state index contributed by atoms with van der Waals surface area (Å²) in [5, 5.41) is 6.30. The van der Waals surface area contributed by atoms with Crippen molar-refractivity contribution in [3.8, 4) is 11.6 Å². The summed E-state index contributed by atoms with van der Waals surface area (Å²) >= 11 is 0. The fraction of sp³-hybridized carbons (Fsp3) is 0.400. The van der Waals surface area contributed by atoms with Crippen molar-refractivity contribution in [3.05, 3.63) is 47.7 Å². The van der Waals surface area contributed by atoms with Crippen molar-refractivity contribution in [2.75, 3.05) is 18.4 Å². The van der Waals surface area contributed by atoms with Gasteiger partial charge >= 0.3 is 0 Å². The van der Waals surface area contributed by atoms with Crippen molar-refractivity contribution in [3.63, 3.8) is 0 Å². The molecular weight excluding hydrogens is 314 g/mol. The van der Waals surface area contributed by atoms with Gasteiger partial charge < -0.3 is 15.4 Å². The highest BCUT2D eigenvalue weighted by Gasteiger charge is 2.16. The molecular formula is C20H25N3O2. The molecule has 1 unspecified atom stereocenters. The monoisotopic (exact) mass is 339 g/mol. The SMILES string of the molecule is Cc1ccnc(Oc2cc(NC(=O)CCC3CCNC3)ccc2C)c1. The van der Waals surface area contributed by atoms with Crippen LogP contribution in [0, 0.1) is 19.8 Å². The van der Waals surface area contributed by atoms with Crippen LogP contribution in [0.5, 0.6) is 11.6 Å². The summed E-state index contributed by atoms with van der Waals surface area (Å²) in [7, 11) is 0. The van der Waals surface area contributed by atoms with Crippen molar-refractivity contribution in [2.45, 2.75) is 33.1 Å². The molecule has 1 aliphatic heterocycles. The number of hydrogen-bond acceptors (Lipinski definition) is 4. The lowest BCUT2D eigenvalue weighted by molar-refractivity contribution is -0.116. The highest BCUT2D eigenvalue weighted by Crippen LogP contribution is 2.27. The number of nitrogens with zero attached hydrogens (tertiary/aromatic N) is 1. The van der Waals surface area contributed by atoms with Crippen molar-refractivity contribution in [1.82, 2.24) is 10.3 Å². The number of rotatable bonds is 6. The van der Waals surface area contributed by atoms with Gasteiger partial charge in [0.1, 0.15) is 5.75 Å². The second-order valence-corrected chi connectivity index (χ2v) is 6.70. The zero-order chi connectivity index (χ0) is 17.6. The number of anilines is 1. The first-order valence-corrected chi connectivity index (χ1v) is 8.82. The zero-order valence-electron chi connectivity index (χ0n) is 14.8. The highest BCUT2D eigenvalue weighted by atomic mass is 16.5. The number of carbonyl (C=O) groups excluding carboxylic acids is 1. The van der Waals surface area contributed by atoms with Gasteiger partial charge in [0.25, 0.3) is 0 Å². The average Bonchev–Trinajstić information content (AvgIpc) is 3.10. The van der Waals surface area contributed by atoms with Gasteiger partial charge in [-0.15, -0.1) is 0 Å².